The number of methoxy groups -OCH3 is 2. The smallest absolute Gasteiger partial charge is 0.305 e. The third kappa shape index (κ3) is 4.75. The molecule has 1 aromatic carbocycles. The van der Waals surface area contributed by atoms with E-state index in [2.05, 4.69) is 15.0 Å². The zero-order valence-electron chi connectivity index (χ0n) is 12.1. The number of aromatic nitrogens is 1. The first-order valence-electron chi connectivity index (χ1n) is 6.59. The number of ether oxygens (including phenoxy) is 2. The molecule has 0 aliphatic heterocycles. The lowest BCUT2D eigenvalue weighted by molar-refractivity contribution is -0.140. The second-order valence-electron chi connectivity index (χ2n) is 4.43. The van der Waals surface area contributed by atoms with Gasteiger partial charge in [0.15, 0.2) is 5.13 Å². The molecule has 0 saturated heterocycles. The minimum absolute atomic E-state index is 0.214. The fourth-order valence-electron chi connectivity index (χ4n) is 1.80. The maximum absolute atomic E-state index is 11.1. The highest BCUT2D eigenvalue weighted by molar-refractivity contribution is 7.13. The molecule has 112 valence electrons. The third-order valence-electron chi connectivity index (χ3n) is 2.94. The molecule has 2 aromatic rings. The fraction of sp³-hybridized carbons (Fsp3) is 0.333. The standard InChI is InChI=1S/C15H18N2O3S/c1-19-13-5-3-4-11(8-13)9-16-15-17-12(10-21-15)6-7-14(18)20-2/h3-5,8,10H,6-7,9H2,1-2H3,(H,16,17). The van der Waals surface area contributed by atoms with Crippen molar-refractivity contribution in [1.82, 2.24) is 4.98 Å². The lowest BCUT2D eigenvalue weighted by Gasteiger charge is -2.05. The number of carbonyl (C=O) groups is 1. The average molecular weight is 306 g/mol. The van der Waals surface area contributed by atoms with Gasteiger partial charge in [-0.15, -0.1) is 11.3 Å². The molecule has 0 radical (unpaired) electrons. The highest BCUT2D eigenvalue weighted by Crippen LogP contribution is 2.19. The quantitative estimate of drug-likeness (QED) is 0.797. The van der Waals surface area contributed by atoms with E-state index in [1.54, 1.807) is 7.11 Å². The number of esters is 1. The number of nitrogens with zero attached hydrogens (tertiary/aromatic N) is 1. The highest BCUT2D eigenvalue weighted by atomic mass is 32.1. The van der Waals surface area contributed by atoms with Crippen LogP contribution < -0.4 is 10.1 Å². The van der Waals surface area contributed by atoms with E-state index in [-0.39, 0.29) is 5.97 Å². The monoisotopic (exact) mass is 306 g/mol. The van der Waals surface area contributed by atoms with Crippen LogP contribution in [0.4, 0.5) is 5.13 Å². The van der Waals surface area contributed by atoms with Crippen LogP contribution in [0.2, 0.25) is 0 Å². The van der Waals surface area contributed by atoms with Gasteiger partial charge in [-0.2, -0.15) is 0 Å². The van der Waals surface area contributed by atoms with E-state index in [9.17, 15) is 4.79 Å². The van der Waals surface area contributed by atoms with Gasteiger partial charge in [0.2, 0.25) is 0 Å². The SMILES string of the molecule is COC(=O)CCc1csc(NCc2cccc(OC)c2)n1. The summed E-state index contributed by atoms with van der Waals surface area (Å²) in [5.74, 6) is 0.626. The van der Waals surface area contributed by atoms with E-state index < -0.39 is 0 Å². The number of thiazole rings is 1. The molecule has 0 unspecified atom stereocenters. The third-order valence-corrected chi connectivity index (χ3v) is 3.79. The molecular weight excluding hydrogens is 288 g/mol. The predicted molar refractivity (Wildman–Crippen MR) is 82.8 cm³/mol. The maximum atomic E-state index is 11.1. The Labute approximate surface area is 127 Å². The molecule has 2 rings (SSSR count). The lowest BCUT2D eigenvalue weighted by Crippen LogP contribution is -2.02. The Morgan fingerprint density at radius 3 is 3.00 bits per heavy atom. The van der Waals surface area contributed by atoms with Crippen LogP contribution in [0.5, 0.6) is 5.75 Å². The fourth-order valence-corrected chi connectivity index (χ4v) is 2.54. The molecule has 0 fully saturated rings. The summed E-state index contributed by atoms with van der Waals surface area (Å²) in [6, 6.07) is 7.89. The number of benzene rings is 1. The van der Waals surface area contributed by atoms with E-state index >= 15 is 0 Å². The molecule has 0 atom stereocenters. The molecule has 5 nitrogen and oxygen atoms in total. The molecule has 6 heteroatoms. The Morgan fingerprint density at radius 2 is 2.24 bits per heavy atom. The van der Waals surface area contributed by atoms with Crippen molar-refractivity contribution in [3.8, 4) is 5.75 Å². The molecule has 0 amide bonds. The van der Waals surface area contributed by atoms with Crippen molar-refractivity contribution in [3.63, 3.8) is 0 Å². The summed E-state index contributed by atoms with van der Waals surface area (Å²) in [5, 5.41) is 6.07. The topological polar surface area (TPSA) is 60.5 Å². The van der Waals surface area contributed by atoms with Gasteiger partial charge in [0, 0.05) is 18.3 Å². The van der Waals surface area contributed by atoms with Crippen molar-refractivity contribution in [1.29, 1.82) is 0 Å². The number of aryl methyl sites for hydroxylation is 1. The molecule has 1 aromatic heterocycles. The number of carbonyl (C=O) groups excluding carboxylic acids is 1. The van der Waals surface area contributed by atoms with E-state index in [1.807, 2.05) is 29.6 Å². The van der Waals surface area contributed by atoms with Crippen LogP contribution in [-0.4, -0.2) is 25.2 Å². The average Bonchev–Trinajstić information content (AvgIpc) is 2.98. The number of anilines is 1. The van der Waals surface area contributed by atoms with Crippen LogP contribution >= 0.6 is 11.3 Å². The molecule has 21 heavy (non-hydrogen) atoms. The van der Waals surface area contributed by atoms with E-state index in [1.165, 1.54) is 18.4 Å². The van der Waals surface area contributed by atoms with Gasteiger partial charge in [-0.25, -0.2) is 4.98 Å². The predicted octanol–water partition coefficient (Wildman–Crippen LogP) is 2.87. The van der Waals surface area contributed by atoms with Gasteiger partial charge in [0.1, 0.15) is 5.75 Å². The lowest BCUT2D eigenvalue weighted by atomic mass is 10.2. The van der Waals surface area contributed by atoms with Crippen molar-refractivity contribution >= 4 is 22.4 Å². The summed E-state index contributed by atoms with van der Waals surface area (Å²) in [6.45, 7) is 0.682. The zero-order chi connectivity index (χ0) is 15.1. The number of rotatable bonds is 7. The van der Waals surface area contributed by atoms with Crippen molar-refractivity contribution in [2.45, 2.75) is 19.4 Å². The minimum atomic E-state index is -0.214. The zero-order valence-corrected chi connectivity index (χ0v) is 12.9. The van der Waals surface area contributed by atoms with Crippen molar-refractivity contribution in [2.75, 3.05) is 19.5 Å². The summed E-state index contributed by atoms with van der Waals surface area (Å²) in [7, 11) is 3.05. The van der Waals surface area contributed by atoms with Gasteiger partial charge in [0.25, 0.3) is 0 Å². The Balaban J connectivity index is 1.86. The van der Waals surface area contributed by atoms with Gasteiger partial charge in [0.05, 0.1) is 26.3 Å². The first-order chi connectivity index (χ1) is 10.2. The van der Waals surface area contributed by atoms with Gasteiger partial charge < -0.3 is 14.8 Å². The molecule has 1 heterocycles. The van der Waals surface area contributed by atoms with Crippen molar-refractivity contribution < 1.29 is 14.3 Å². The molecule has 0 aliphatic carbocycles. The highest BCUT2D eigenvalue weighted by Gasteiger charge is 2.06. The second kappa shape index (κ2) is 7.64. The van der Waals surface area contributed by atoms with Crippen LogP contribution in [0, 0.1) is 0 Å². The molecule has 1 N–H and O–H groups in total. The summed E-state index contributed by atoms with van der Waals surface area (Å²) in [4.78, 5) is 15.5. The largest absolute Gasteiger partial charge is 0.497 e. The van der Waals surface area contributed by atoms with Gasteiger partial charge >= 0.3 is 5.97 Å². The Kier molecular flexibility index (Phi) is 5.57. The molecule has 0 saturated carbocycles. The minimum Gasteiger partial charge on any atom is -0.497 e. The van der Waals surface area contributed by atoms with Crippen LogP contribution in [0.3, 0.4) is 0 Å². The number of hydrogen-bond donors (Lipinski definition) is 1. The normalized spacial score (nSPS) is 10.2. The number of nitrogens with one attached hydrogen (secondary N) is 1. The van der Waals surface area contributed by atoms with Crippen LogP contribution in [0.15, 0.2) is 29.6 Å². The summed E-state index contributed by atoms with van der Waals surface area (Å²) in [6.07, 6.45) is 0.958. The van der Waals surface area contributed by atoms with E-state index in [4.69, 9.17) is 4.74 Å². The molecule has 0 spiro atoms. The Bertz CT molecular complexity index is 598. The first-order valence-corrected chi connectivity index (χ1v) is 7.47. The maximum Gasteiger partial charge on any atom is 0.305 e. The van der Waals surface area contributed by atoms with Crippen molar-refractivity contribution in [2.24, 2.45) is 0 Å². The van der Waals surface area contributed by atoms with Crippen molar-refractivity contribution in [3.05, 3.63) is 40.9 Å². The Hall–Kier alpha value is -2.08. The van der Waals surface area contributed by atoms with Gasteiger partial charge in [-0.3, -0.25) is 4.79 Å². The van der Waals surface area contributed by atoms with Crippen LogP contribution in [0.1, 0.15) is 17.7 Å². The molecule has 0 aliphatic rings. The molecule has 0 bridgehead atoms. The van der Waals surface area contributed by atoms with Gasteiger partial charge in [-0.05, 0) is 17.7 Å². The second-order valence-corrected chi connectivity index (χ2v) is 5.28. The summed E-state index contributed by atoms with van der Waals surface area (Å²) >= 11 is 1.53. The van der Waals surface area contributed by atoms with E-state index in [0.29, 0.717) is 19.4 Å². The molecular formula is C15H18N2O3S. The summed E-state index contributed by atoms with van der Waals surface area (Å²) in [5.41, 5.74) is 2.03. The summed E-state index contributed by atoms with van der Waals surface area (Å²) < 4.78 is 9.81. The van der Waals surface area contributed by atoms with Crippen LogP contribution in [-0.2, 0) is 22.5 Å². The number of hydrogen-bond acceptors (Lipinski definition) is 6. The first kappa shape index (κ1) is 15.3. The van der Waals surface area contributed by atoms with Gasteiger partial charge in [-0.1, -0.05) is 12.1 Å². The Morgan fingerprint density at radius 1 is 1.38 bits per heavy atom. The van der Waals surface area contributed by atoms with Crippen LogP contribution in [0.25, 0.3) is 0 Å². The van der Waals surface area contributed by atoms with E-state index in [0.717, 1.165) is 22.1 Å².